The quantitative estimate of drug-likeness (QED) is 0.665. The fourth-order valence-corrected chi connectivity index (χ4v) is 1.75. The molecule has 0 bridgehead atoms. The Morgan fingerprint density at radius 1 is 1.73 bits per heavy atom. The maximum Gasteiger partial charge on any atom is 0.107 e. The number of rotatable bonds is 3. The number of nitrogens with zero attached hydrogens (tertiary/aromatic N) is 1. The molecule has 0 spiro atoms. The highest BCUT2D eigenvalue weighted by molar-refractivity contribution is 5.14. The van der Waals surface area contributed by atoms with Gasteiger partial charge in [0.05, 0.1) is 6.07 Å². The van der Waals surface area contributed by atoms with E-state index in [1.807, 2.05) is 13.8 Å². The van der Waals surface area contributed by atoms with E-state index >= 15 is 0 Å². The second-order valence-electron chi connectivity index (χ2n) is 3.66. The zero-order valence-corrected chi connectivity index (χ0v) is 7.52. The summed E-state index contributed by atoms with van der Waals surface area (Å²) < 4.78 is 0. The highest BCUT2D eigenvalue weighted by Crippen LogP contribution is 2.45. The lowest BCUT2D eigenvalue weighted by Gasteiger charge is -2.22. The maximum absolute atomic E-state index is 8.93. The van der Waals surface area contributed by atoms with Gasteiger partial charge in [0.1, 0.15) is 5.54 Å². The van der Waals surface area contributed by atoms with Gasteiger partial charge in [-0.1, -0.05) is 13.8 Å². The van der Waals surface area contributed by atoms with Gasteiger partial charge in [-0.3, -0.25) is 5.32 Å². The van der Waals surface area contributed by atoms with Gasteiger partial charge in [-0.05, 0) is 31.7 Å². The molecule has 3 atom stereocenters. The van der Waals surface area contributed by atoms with Crippen LogP contribution in [0.25, 0.3) is 0 Å². The van der Waals surface area contributed by atoms with E-state index in [9.17, 15) is 0 Å². The van der Waals surface area contributed by atoms with Crippen LogP contribution in [-0.4, -0.2) is 12.1 Å². The Morgan fingerprint density at radius 2 is 2.27 bits per heavy atom. The average Bonchev–Trinajstić information content (AvgIpc) is 2.68. The summed E-state index contributed by atoms with van der Waals surface area (Å²) in [6, 6.07) is 2.36. The molecule has 0 saturated heterocycles. The first-order valence-corrected chi connectivity index (χ1v) is 4.30. The van der Waals surface area contributed by atoms with Gasteiger partial charge in [0, 0.05) is 0 Å². The highest BCUT2D eigenvalue weighted by Gasteiger charge is 2.47. The number of nitrogens with one attached hydrogen (secondary N) is 1. The van der Waals surface area contributed by atoms with Crippen LogP contribution in [0.3, 0.4) is 0 Å². The van der Waals surface area contributed by atoms with Gasteiger partial charge in [-0.15, -0.1) is 0 Å². The summed E-state index contributed by atoms with van der Waals surface area (Å²) in [5.41, 5.74) is -0.270. The van der Waals surface area contributed by atoms with E-state index in [0.717, 1.165) is 12.5 Å². The van der Waals surface area contributed by atoms with Gasteiger partial charge in [0.25, 0.3) is 0 Å². The Hall–Kier alpha value is -0.550. The van der Waals surface area contributed by atoms with Gasteiger partial charge < -0.3 is 0 Å². The summed E-state index contributed by atoms with van der Waals surface area (Å²) in [4.78, 5) is 0. The number of hydrogen-bond donors (Lipinski definition) is 1. The summed E-state index contributed by atoms with van der Waals surface area (Å²) in [7, 11) is 0. The fourth-order valence-electron chi connectivity index (χ4n) is 1.75. The summed E-state index contributed by atoms with van der Waals surface area (Å²) in [5, 5.41) is 12.2. The Morgan fingerprint density at radius 3 is 2.55 bits per heavy atom. The Kier molecular flexibility index (Phi) is 2.20. The second-order valence-corrected chi connectivity index (χ2v) is 3.66. The molecule has 1 N–H and O–H groups in total. The van der Waals surface area contributed by atoms with Crippen molar-refractivity contribution in [1.82, 2.24) is 5.32 Å². The van der Waals surface area contributed by atoms with Crippen LogP contribution >= 0.6 is 0 Å². The average molecular weight is 152 g/mol. The van der Waals surface area contributed by atoms with Crippen LogP contribution in [0, 0.1) is 23.2 Å². The van der Waals surface area contributed by atoms with Crippen molar-refractivity contribution in [1.29, 1.82) is 5.26 Å². The van der Waals surface area contributed by atoms with Crippen LogP contribution < -0.4 is 5.32 Å². The van der Waals surface area contributed by atoms with Crippen molar-refractivity contribution in [3.05, 3.63) is 0 Å². The molecule has 2 heteroatoms. The van der Waals surface area contributed by atoms with E-state index in [4.69, 9.17) is 5.26 Å². The molecule has 1 aliphatic rings. The van der Waals surface area contributed by atoms with E-state index in [0.29, 0.717) is 5.92 Å². The molecule has 62 valence electrons. The Labute approximate surface area is 68.6 Å². The highest BCUT2D eigenvalue weighted by atomic mass is 15.0. The van der Waals surface area contributed by atoms with Crippen molar-refractivity contribution in [3.63, 3.8) is 0 Å². The minimum atomic E-state index is -0.270. The van der Waals surface area contributed by atoms with Crippen LogP contribution in [0.5, 0.6) is 0 Å². The van der Waals surface area contributed by atoms with Crippen molar-refractivity contribution < 1.29 is 0 Å². The molecule has 3 unspecified atom stereocenters. The third kappa shape index (κ3) is 1.54. The van der Waals surface area contributed by atoms with Crippen LogP contribution in [0.4, 0.5) is 0 Å². The van der Waals surface area contributed by atoms with E-state index in [-0.39, 0.29) is 5.54 Å². The molecule has 2 nitrogen and oxygen atoms in total. The molecule has 1 aliphatic carbocycles. The Bertz CT molecular complexity index is 182. The molecule has 0 aromatic rings. The molecular formula is C9H16N2. The van der Waals surface area contributed by atoms with Crippen molar-refractivity contribution in [2.45, 2.75) is 32.7 Å². The Balaban J connectivity index is 2.55. The van der Waals surface area contributed by atoms with E-state index in [1.54, 1.807) is 0 Å². The molecule has 0 aliphatic heterocycles. The molecule has 0 aromatic heterocycles. The first-order valence-electron chi connectivity index (χ1n) is 4.30. The summed E-state index contributed by atoms with van der Waals surface area (Å²) in [6.07, 6.45) is 1.21. The van der Waals surface area contributed by atoms with Crippen molar-refractivity contribution in [2.75, 3.05) is 6.54 Å². The standard InChI is InChI=1S/C9H16N2/c1-4-11-9(3,6-10)8-5-7(8)2/h7-8,11H,4-5H2,1-3H3. The zero-order chi connectivity index (χ0) is 8.48. The predicted molar refractivity (Wildman–Crippen MR) is 45.0 cm³/mol. The predicted octanol–water partition coefficient (Wildman–Crippen LogP) is 1.53. The van der Waals surface area contributed by atoms with Gasteiger partial charge in [0.15, 0.2) is 0 Å². The van der Waals surface area contributed by atoms with Gasteiger partial charge in [-0.25, -0.2) is 0 Å². The van der Waals surface area contributed by atoms with Crippen molar-refractivity contribution >= 4 is 0 Å². The van der Waals surface area contributed by atoms with Crippen LogP contribution in [0.15, 0.2) is 0 Å². The molecule has 0 amide bonds. The smallest absolute Gasteiger partial charge is 0.107 e. The molecule has 0 aromatic carbocycles. The first kappa shape index (κ1) is 8.55. The van der Waals surface area contributed by atoms with Gasteiger partial charge in [0.2, 0.25) is 0 Å². The van der Waals surface area contributed by atoms with Gasteiger partial charge in [-0.2, -0.15) is 5.26 Å². The SMILES string of the molecule is CCNC(C)(C#N)C1CC1C. The molecule has 1 rings (SSSR count). The molecule has 1 saturated carbocycles. The topological polar surface area (TPSA) is 35.8 Å². The van der Waals surface area contributed by atoms with Crippen molar-refractivity contribution in [2.24, 2.45) is 11.8 Å². The summed E-state index contributed by atoms with van der Waals surface area (Å²) in [6.45, 7) is 7.14. The lowest BCUT2D eigenvalue weighted by molar-refractivity contribution is 0.392. The van der Waals surface area contributed by atoms with Gasteiger partial charge >= 0.3 is 0 Å². The monoisotopic (exact) mass is 152 g/mol. The fraction of sp³-hybridized carbons (Fsp3) is 0.889. The third-order valence-corrected chi connectivity index (χ3v) is 2.63. The van der Waals surface area contributed by atoms with Crippen LogP contribution in [-0.2, 0) is 0 Å². The lowest BCUT2D eigenvalue weighted by atomic mass is 9.96. The third-order valence-electron chi connectivity index (χ3n) is 2.63. The largest absolute Gasteiger partial charge is 0.300 e. The molecule has 0 heterocycles. The number of nitriles is 1. The molecule has 1 fully saturated rings. The normalized spacial score (nSPS) is 34.0. The molecule has 0 radical (unpaired) electrons. The summed E-state index contributed by atoms with van der Waals surface area (Å²) in [5.74, 6) is 1.31. The van der Waals surface area contributed by atoms with E-state index in [1.165, 1.54) is 6.42 Å². The van der Waals surface area contributed by atoms with Crippen LogP contribution in [0.2, 0.25) is 0 Å². The molecule has 11 heavy (non-hydrogen) atoms. The zero-order valence-electron chi connectivity index (χ0n) is 7.52. The minimum absolute atomic E-state index is 0.270. The lowest BCUT2D eigenvalue weighted by Crippen LogP contribution is -2.43. The first-order chi connectivity index (χ1) is 5.14. The molecular weight excluding hydrogens is 136 g/mol. The van der Waals surface area contributed by atoms with E-state index < -0.39 is 0 Å². The maximum atomic E-state index is 8.93. The number of hydrogen-bond acceptors (Lipinski definition) is 2. The van der Waals surface area contributed by atoms with E-state index in [2.05, 4.69) is 18.3 Å². The summed E-state index contributed by atoms with van der Waals surface area (Å²) >= 11 is 0. The second kappa shape index (κ2) is 2.83. The van der Waals surface area contributed by atoms with Crippen molar-refractivity contribution in [3.8, 4) is 6.07 Å². The minimum Gasteiger partial charge on any atom is -0.300 e. The van der Waals surface area contributed by atoms with Crippen LogP contribution in [0.1, 0.15) is 27.2 Å².